The van der Waals surface area contributed by atoms with Crippen LogP contribution < -0.4 is 5.73 Å². The third-order valence-corrected chi connectivity index (χ3v) is 3.45. The predicted octanol–water partition coefficient (Wildman–Crippen LogP) is 2.02. The van der Waals surface area contributed by atoms with E-state index in [4.69, 9.17) is 5.73 Å². The van der Waals surface area contributed by atoms with E-state index in [2.05, 4.69) is 30.7 Å². The summed E-state index contributed by atoms with van der Waals surface area (Å²) in [5.74, 6) is 1.43. The van der Waals surface area contributed by atoms with Crippen LogP contribution in [-0.4, -0.2) is 9.97 Å². The van der Waals surface area contributed by atoms with Crippen molar-refractivity contribution in [2.75, 3.05) is 0 Å². The molecule has 0 bridgehead atoms. The highest BCUT2D eigenvalue weighted by molar-refractivity contribution is 5.13. The molecule has 1 aliphatic carbocycles. The Bertz CT molecular complexity index is 315. The number of H-pyrrole nitrogens is 1. The highest BCUT2D eigenvalue weighted by Crippen LogP contribution is 2.50. The maximum Gasteiger partial charge on any atom is 0.126 e. The number of aromatic amines is 1. The van der Waals surface area contributed by atoms with Gasteiger partial charge < -0.3 is 10.7 Å². The Kier molecular flexibility index (Phi) is 1.96. The molecule has 3 N–H and O–H groups in total. The van der Waals surface area contributed by atoms with Crippen molar-refractivity contribution in [3.63, 3.8) is 0 Å². The number of hydrogen-bond acceptors (Lipinski definition) is 2. The average molecular weight is 193 g/mol. The van der Waals surface area contributed by atoms with Crippen molar-refractivity contribution in [1.29, 1.82) is 0 Å². The largest absolute Gasteiger partial charge is 0.347 e. The SMILES string of the molecule is C[C@@H]1CC(C)(C)C[C@@]1(N)c1ncc[nH]1. The second kappa shape index (κ2) is 2.83. The van der Waals surface area contributed by atoms with Crippen molar-refractivity contribution in [3.05, 3.63) is 18.2 Å². The van der Waals surface area contributed by atoms with Gasteiger partial charge in [-0.15, -0.1) is 0 Å². The molecule has 1 saturated carbocycles. The predicted molar refractivity (Wildman–Crippen MR) is 56.6 cm³/mol. The van der Waals surface area contributed by atoms with Crippen molar-refractivity contribution in [2.45, 2.75) is 39.2 Å². The molecule has 2 atom stereocenters. The van der Waals surface area contributed by atoms with E-state index in [0.717, 1.165) is 12.2 Å². The van der Waals surface area contributed by atoms with Crippen molar-refractivity contribution in [2.24, 2.45) is 17.1 Å². The zero-order chi connectivity index (χ0) is 10.4. The number of aromatic nitrogens is 2. The fraction of sp³-hybridized carbons (Fsp3) is 0.727. The third kappa shape index (κ3) is 1.36. The number of rotatable bonds is 1. The van der Waals surface area contributed by atoms with Crippen LogP contribution in [0.2, 0.25) is 0 Å². The molecule has 3 heteroatoms. The van der Waals surface area contributed by atoms with Crippen LogP contribution in [-0.2, 0) is 5.54 Å². The molecule has 0 amide bonds. The quantitative estimate of drug-likeness (QED) is 0.717. The van der Waals surface area contributed by atoms with Gasteiger partial charge in [-0.1, -0.05) is 20.8 Å². The Morgan fingerprint density at radius 1 is 1.57 bits per heavy atom. The third-order valence-electron chi connectivity index (χ3n) is 3.45. The smallest absolute Gasteiger partial charge is 0.126 e. The van der Waals surface area contributed by atoms with Gasteiger partial charge in [0.15, 0.2) is 0 Å². The van der Waals surface area contributed by atoms with E-state index in [1.807, 2.05) is 6.20 Å². The first kappa shape index (κ1) is 9.71. The summed E-state index contributed by atoms with van der Waals surface area (Å²) in [6.45, 7) is 6.78. The Labute approximate surface area is 85.1 Å². The number of nitrogens with two attached hydrogens (primary N) is 1. The van der Waals surface area contributed by atoms with Crippen LogP contribution in [0.5, 0.6) is 0 Å². The fourth-order valence-electron chi connectivity index (χ4n) is 2.89. The van der Waals surface area contributed by atoms with Gasteiger partial charge in [0, 0.05) is 12.4 Å². The van der Waals surface area contributed by atoms with Gasteiger partial charge in [-0.05, 0) is 24.2 Å². The van der Waals surface area contributed by atoms with E-state index in [1.165, 1.54) is 6.42 Å². The van der Waals surface area contributed by atoms with Gasteiger partial charge in [0.1, 0.15) is 5.82 Å². The minimum Gasteiger partial charge on any atom is -0.347 e. The molecule has 2 rings (SSSR count). The average Bonchev–Trinajstić information content (AvgIpc) is 2.58. The highest BCUT2D eigenvalue weighted by Gasteiger charge is 2.48. The van der Waals surface area contributed by atoms with Crippen LogP contribution in [0.3, 0.4) is 0 Å². The van der Waals surface area contributed by atoms with Gasteiger partial charge in [-0.25, -0.2) is 4.98 Å². The summed E-state index contributed by atoms with van der Waals surface area (Å²) in [5.41, 5.74) is 6.53. The topological polar surface area (TPSA) is 54.7 Å². The zero-order valence-electron chi connectivity index (χ0n) is 9.17. The molecular weight excluding hydrogens is 174 g/mol. The second-order valence-corrected chi connectivity index (χ2v) is 5.42. The fourth-order valence-corrected chi connectivity index (χ4v) is 2.89. The van der Waals surface area contributed by atoms with Gasteiger partial charge in [0.25, 0.3) is 0 Å². The van der Waals surface area contributed by atoms with Crippen molar-refractivity contribution in [3.8, 4) is 0 Å². The molecular formula is C11H19N3. The van der Waals surface area contributed by atoms with Crippen LogP contribution in [0.25, 0.3) is 0 Å². The summed E-state index contributed by atoms with van der Waals surface area (Å²) in [5, 5.41) is 0. The molecule has 0 unspecified atom stereocenters. The first-order valence-corrected chi connectivity index (χ1v) is 5.23. The molecule has 78 valence electrons. The highest BCUT2D eigenvalue weighted by atomic mass is 15.0. The monoisotopic (exact) mass is 193 g/mol. The van der Waals surface area contributed by atoms with Crippen LogP contribution in [0, 0.1) is 11.3 Å². The zero-order valence-corrected chi connectivity index (χ0v) is 9.17. The minimum absolute atomic E-state index is 0.257. The lowest BCUT2D eigenvalue weighted by Gasteiger charge is -2.27. The minimum atomic E-state index is -0.257. The molecule has 1 aliphatic rings. The van der Waals surface area contributed by atoms with Gasteiger partial charge >= 0.3 is 0 Å². The number of hydrogen-bond donors (Lipinski definition) is 2. The molecule has 0 spiro atoms. The first-order valence-electron chi connectivity index (χ1n) is 5.23. The maximum atomic E-state index is 6.45. The first-order chi connectivity index (χ1) is 6.44. The number of nitrogens with zero attached hydrogens (tertiary/aromatic N) is 1. The van der Waals surface area contributed by atoms with Crippen LogP contribution in [0.4, 0.5) is 0 Å². The van der Waals surface area contributed by atoms with E-state index >= 15 is 0 Å². The molecule has 0 aliphatic heterocycles. The summed E-state index contributed by atoms with van der Waals surface area (Å²) in [6.07, 6.45) is 5.81. The molecule has 0 radical (unpaired) electrons. The van der Waals surface area contributed by atoms with Crippen molar-refractivity contribution >= 4 is 0 Å². The lowest BCUT2D eigenvalue weighted by molar-refractivity contribution is 0.315. The summed E-state index contributed by atoms with van der Waals surface area (Å²) in [7, 11) is 0. The summed E-state index contributed by atoms with van der Waals surface area (Å²) >= 11 is 0. The van der Waals surface area contributed by atoms with E-state index in [1.54, 1.807) is 6.20 Å². The van der Waals surface area contributed by atoms with Gasteiger partial charge in [0.05, 0.1) is 5.54 Å². The van der Waals surface area contributed by atoms with Crippen LogP contribution in [0.15, 0.2) is 12.4 Å². The maximum absolute atomic E-state index is 6.45. The second-order valence-electron chi connectivity index (χ2n) is 5.42. The Balaban J connectivity index is 2.34. The lowest BCUT2D eigenvalue weighted by atomic mass is 9.87. The molecule has 14 heavy (non-hydrogen) atoms. The Morgan fingerprint density at radius 2 is 2.29 bits per heavy atom. The Hall–Kier alpha value is -0.830. The van der Waals surface area contributed by atoms with Crippen LogP contribution >= 0.6 is 0 Å². The van der Waals surface area contributed by atoms with E-state index in [-0.39, 0.29) is 5.54 Å². The molecule has 1 fully saturated rings. The molecule has 1 aromatic heterocycles. The molecule has 0 saturated heterocycles. The molecule has 1 heterocycles. The van der Waals surface area contributed by atoms with Crippen molar-refractivity contribution < 1.29 is 0 Å². The van der Waals surface area contributed by atoms with Crippen molar-refractivity contribution in [1.82, 2.24) is 9.97 Å². The van der Waals surface area contributed by atoms with E-state index in [9.17, 15) is 0 Å². The lowest BCUT2D eigenvalue weighted by Crippen LogP contribution is -2.40. The molecule has 0 aromatic carbocycles. The van der Waals surface area contributed by atoms with Crippen LogP contribution in [0.1, 0.15) is 39.4 Å². The summed E-state index contributed by atoms with van der Waals surface area (Å²) in [6, 6.07) is 0. The summed E-state index contributed by atoms with van der Waals surface area (Å²) < 4.78 is 0. The van der Waals surface area contributed by atoms with Gasteiger partial charge in [-0.3, -0.25) is 0 Å². The van der Waals surface area contributed by atoms with Gasteiger partial charge in [-0.2, -0.15) is 0 Å². The van der Waals surface area contributed by atoms with E-state index < -0.39 is 0 Å². The number of nitrogens with one attached hydrogen (secondary N) is 1. The molecule has 1 aromatic rings. The normalized spacial score (nSPS) is 36.1. The standard InChI is InChI=1S/C11H19N3/c1-8-6-10(2,3)7-11(8,12)9-13-4-5-14-9/h4-5,8H,6-7,12H2,1-3H3,(H,13,14)/t8-,11+/m1/s1. The van der Waals surface area contributed by atoms with Gasteiger partial charge in [0.2, 0.25) is 0 Å². The Morgan fingerprint density at radius 3 is 2.71 bits per heavy atom. The number of imidazole rings is 1. The van der Waals surface area contributed by atoms with E-state index in [0.29, 0.717) is 11.3 Å². The summed E-state index contributed by atoms with van der Waals surface area (Å²) in [4.78, 5) is 7.46. The molecule has 3 nitrogen and oxygen atoms in total.